The van der Waals surface area contributed by atoms with Crippen LogP contribution in [-0.2, 0) is 0 Å². The van der Waals surface area contributed by atoms with Crippen molar-refractivity contribution in [2.75, 3.05) is 0 Å². The smallest absolute Gasteiger partial charge is 0.295 e. The van der Waals surface area contributed by atoms with Crippen molar-refractivity contribution in [2.45, 2.75) is 20.0 Å². The Bertz CT molecular complexity index is 1090. The van der Waals surface area contributed by atoms with E-state index < -0.39 is 8.32 Å². The molecule has 3 nitrogen and oxygen atoms in total. The van der Waals surface area contributed by atoms with Crippen LogP contribution in [0.1, 0.15) is 5.69 Å². The van der Waals surface area contributed by atoms with Gasteiger partial charge in [0, 0.05) is 10.8 Å². The van der Waals surface area contributed by atoms with Gasteiger partial charge >= 0.3 is 0 Å². The van der Waals surface area contributed by atoms with E-state index in [0.717, 1.165) is 17.1 Å². The number of nitrogens with zero attached hydrogens (tertiary/aromatic N) is 2. The molecule has 22 heavy (non-hydrogen) atoms. The van der Waals surface area contributed by atoms with Gasteiger partial charge < -0.3 is 4.43 Å². The molecule has 3 heterocycles. The van der Waals surface area contributed by atoms with E-state index in [2.05, 4.69) is 66.9 Å². The number of aryl methyl sites for hydroxylation is 1. The fraction of sp³-hybridized carbons (Fsp3) is 0.167. The minimum absolute atomic E-state index is 0.995. The first-order valence-electron chi connectivity index (χ1n) is 7.60. The number of fused-ring (bicyclic) bond motifs is 3. The number of aromatic nitrogens is 2. The van der Waals surface area contributed by atoms with E-state index in [1.807, 2.05) is 0 Å². The van der Waals surface area contributed by atoms with Gasteiger partial charge in [0.2, 0.25) is 0 Å². The van der Waals surface area contributed by atoms with Crippen molar-refractivity contribution in [3.8, 4) is 5.75 Å². The molecule has 4 heteroatoms. The van der Waals surface area contributed by atoms with Gasteiger partial charge in [-0.2, -0.15) is 0 Å². The van der Waals surface area contributed by atoms with Gasteiger partial charge in [0.15, 0.2) is 0 Å². The fourth-order valence-corrected chi connectivity index (χ4v) is 6.42. The summed E-state index contributed by atoms with van der Waals surface area (Å²) in [6.07, 6.45) is 0. The molecule has 0 fully saturated rings. The van der Waals surface area contributed by atoms with Crippen LogP contribution in [0.2, 0.25) is 13.1 Å². The van der Waals surface area contributed by atoms with Gasteiger partial charge in [-0.3, -0.25) is 4.40 Å². The normalized spacial score (nSPS) is 15.8. The van der Waals surface area contributed by atoms with Crippen LogP contribution in [-0.4, -0.2) is 17.7 Å². The first-order chi connectivity index (χ1) is 10.6. The van der Waals surface area contributed by atoms with E-state index in [0.29, 0.717) is 0 Å². The van der Waals surface area contributed by atoms with Crippen LogP contribution in [0.5, 0.6) is 5.75 Å². The lowest BCUT2D eigenvalue weighted by Gasteiger charge is -2.30. The third-order valence-electron chi connectivity index (χ3n) is 4.67. The van der Waals surface area contributed by atoms with Crippen molar-refractivity contribution < 1.29 is 4.43 Å². The molecule has 0 aliphatic carbocycles. The highest BCUT2D eigenvalue weighted by Crippen LogP contribution is 2.37. The molecule has 0 spiro atoms. The zero-order valence-corrected chi connectivity index (χ0v) is 13.8. The van der Waals surface area contributed by atoms with Gasteiger partial charge in [-0.05, 0) is 31.5 Å². The van der Waals surface area contributed by atoms with E-state index in [1.54, 1.807) is 0 Å². The van der Waals surface area contributed by atoms with E-state index in [1.165, 1.54) is 27.0 Å². The van der Waals surface area contributed by atoms with Crippen molar-refractivity contribution in [3.63, 3.8) is 0 Å². The van der Waals surface area contributed by atoms with E-state index in [9.17, 15) is 0 Å². The first kappa shape index (κ1) is 12.2. The maximum atomic E-state index is 6.45. The highest BCUT2D eigenvalue weighted by molar-refractivity contribution is 6.85. The Labute approximate surface area is 129 Å². The lowest BCUT2D eigenvalue weighted by molar-refractivity contribution is 0.561. The van der Waals surface area contributed by atoms with Gasteiger partial charge in [0.05, 0.1) is 16.5 Å². The van der Waals surface area contributed by atoms with Gasteiger partial charge in [-0.1, -0.05) is 36.4 Å². The van der Waals surface area contributed by atoms with E-state index >= 15 is 0 Å². The lowest BCUT2D eigenvalue weighted by Crippen LogP contribution is -2.53. The van der Waals surface area contributed by atoms with Crippen molar-refractivity contribution in [3.05, 3.63) is 48.2 Å². The largest absolute Gasteiger partial charge is 0.537 e. The highest BCUT2D eigenvalue weighted by Gasteiger charge is 2.38. The molecule has 4 aromatic rings. The lowest BCUT2D eigenvalue weighted by atomic mass is 10.1. The van der Waals surface area contributed by atoms with Crippen LogP contribution in [0.4, 0.5) is 0 Å². The number of pyridine rings is 1. The Morgan fingerprint density at radius 3 is 2.50 bits per heavy atom. The molecule has 1 aliphatic rings. The van der Waals surface area contributed by atoms with Crippen LogP contribution in [0.15, 0.2) is 42.5 Å². The number of rotatable bonds is 0. The summed E-state index contributed by atoms with van der Waals surface area (Å²) in [6.45, 7) is 6.61. The van der Waals surface area contributed by atoms with Crippen LogP contribution >= 0.6 is 0 Å². The summed E-state index contributed by atoms with van der Waals surface area (Å²) in [5.41, 5.74) is 3.33. The van der Waals surface area contributed by atoms with Gasteiger partial charge in [0.25, 0.3) is 8.32 Å². The molecular formula is C18H16N2OSi. The van der Waals surface area contributed by atoms with Gasteiger partial charge in [0.1, 0.15) is 11.4 Å². The second-order valence-electron chi connectivity index (χ2n) is 6.52. The topological polar surface area (TPSA) is 26.5 Å². The van der Waals surface area contributed by atoms with E-state index in [-0.39, 0.29) is 0 Å². The van der Waals surface area contributed by atoms with Crippen LogP contribution in [0.3, 0.4) is 0 Å². The molecular weight excluding hydrogens is 288 g/mol. The minimum atomic E-state index is -2.00. The van der Waals surface area contributed by atoms with Crippen molar-refractivity contribution in [1.29, 1.82) is 0 Å². The maximum absolute atomic E-state index is 6.45. The number of imidazole rings is 1. The fourth-order valence-electron chi connectivity index (χ4n) is 3.92. The molecule has 2 aromatic heterocycles. The Morgan fingerprint density at radius 1 is 0.955 bits per heavy atom. The summed E-state index contributed by atoms with van der Waals surface area (Å²) in [5.74, 6) is 0.995. The zero-order chi connectivity index (χ0) is 15.1. The molecule has 1 aliphatic heterocycles. The molecule has 0 bridgehead atoms. The zero-order valence-electron chi connectivity index (χ0n) is 12.8. The second kappa shape index (κ2) is 3.70. The van der Waals surface area contributed by atoms with Gasteiger partial charge in [-0.25, -0.2) is 4.98 Å². The van der Waals surface area contributed by atoms with Crippen molar-refractivity contribution >= 4 is 41.0 Å². The SMILES string of the molecule is Cc1nc2c3ccccc3c3cccc4c3n2c1[Si](C)(C)O4. The molecule has 2 aromatic carbocycles. The molecule has 108 valence electrons. The summed E-state index contributed by atoms with van der Waals surface area (Å²) in [6, 6.07) is 14.9. The average molecular weight is 304 g/mol. The number of para-hydroxylation sites is 1. The number of benzene rings is 2. The first-order valence-corrected chi connectivity index (χ1v) is 10.5. The molecule has 0 saturated carbocycles. The third-order valence-corrected chi connectivity index (χ3v) is 7.12. The summed E-state index contributed by atoms with van der Waals surface area (Å²) in [5, 5.41) is 4.99. The Hall–Kier alpha value is -2.33. The highest BCUT2D eigenvalue weighted by atomic mass is 28.4. The number of hydrogen-bond donors (Lipinski definition) is 0. The second-order valence-corrected chi connectivity index (χ2v) is 10.2. The predicted octanol–water partition coefficient (Wildman–Crippen LogP) is 3.75. The molecule has 0 unspecified atom stereocenters. The standard InChI is InChI=1S/C18H16N2OSi/c1-11-18-20-16-13(9-6-10-15(16)21-22(18,2)3)12-7-4-5-8-14(12)17(20)19-11/h4-10H,1-3H3. The Kier molecular flexibility index (Phi) is 2.06. The predicted molar refractivity (Wildman–Crippen MR) is 92.7 cm³/mol. The van der Waals surface area contributed by atoms with Gasteiger partial charge in [-0.15, -0.1) is 0 Å². The summed E-state index contributed by atoms with van der Waals surface area (Å²) >= 11 is 0. The summed E-state index contributed by atoms with van der Waals surface area (Å²) in [4.78, 5) is 4.91. The van der Waals surface area contributed by atoms with E-state index in [4.69, 9.17) is 9.41 Å². The molecule has 0 atom stereocenters. The average Bonchev–Trinajstić information content (AvgIpc) is 2.85. The Balaban J connectivity index is 2.23. The molecule has 0 amide bonds. The molecule has 0 radical (unpaired) electrons. The molecule has 5 rings (SSSR count). The summed E-state index contributed by atoms with van der Waals surface area (Å²) < 4.78 is 8.81. The van der Waals surface area contributed by atoms with Crippen molar-refractivity contribution in [2.24, 2.45) is 0 Å². The monoisotopic (exact) mass is 304 g/mol. The van der Waals surface area contributed by atoms with Crippen LogP contribution < -0.4 is 9.74 Å². The Morgan fingerprint density at radius 2 is 1.68 bits per heavy atom. The quantitative estimate of drug-likeness (QED) is 0.365. The number of hydrogen-bond acceptors (Lipinski definition) is 2. The molecule has 0 saturated heterocycles. The third kappa shape index (κ3) is 1.29. The minimum Gasteiger partial charge on any atom is -0.537 e. The summed E-state index contributed by atoms with van der Waals surface area (Å²) in [7, 11) is -2.00. The van der Waals surface area contributed by atoms with Crippen molar-refractivity contribution in [1.82, 2.24) is 9.38 Å². The van der Waals surface area contributed by atoms with Crippen LogP contribution in [0, 0.1) is 6.92 Å². The molecule has 0 N–H and O–H groups in total. The van der Waals surface area contributed by atoms with Crippen LogP contribution in [0.25, 0.3) is 27.3 Å². The maximum Gasteiger partial charge on any atom is 0.295 e.